The minimum absolute atomic E-state index is 0.209. The van der Waals surface area contributed by atoms with Crippen LogP contribution in [0, 0.1) is 0 Å². The fourth-order valence-corrected chi connectivity index (χ4v) is 2.37. The lowest BCUT2D eigenvalue weighted by Crippen LogP contribution is -2.11. The molecule has 0 fully saturated rings. The van der Waals surface area contributed by atoms with E-state index in [1.807, 2.05) is 0 Å². The molecule has 0 unspecified atom stereocenters. The van der Waals surface area contributed by atoms with E-state index in [0.717, 1.165) is 4.90 Å². The molecule has 0 atom stereocenters. The number of benzene rings is 1. The van der Waals surface area contributed by atoms with Gasteiger partial charge in [0.15, 0.2) is 0 Å². The molecule has 0 aliphatic rings. The average molecular weight is 265 g/mol. The number of halogens is 2. The van der Waals surface area contributed by atoms with Gasteiger partial charge in [-0.2, -0.15) is 0 Å². The number of oxime groups is 1. The van der Waals surface area contributed by atoms with E-state index >= 15 is 0 Å². The normalized spacial score (nSPS) is 11.7. The fraction of sp³-hybridized carbons (Fsp3) is 0.222. The number of nitrogens with two attached hydrogens (primary N) is 1. The van der Waals surface area contributed by atoms with Gasteiger partial charge in [0, 0.05) is 22.1 Å². The van der Waals surface area contributed by atoms with E-state index in [4.69, 9.17) is 34.1 Å². The summed E-state index contributed by atoms with van der Waals surface area (Å²) in [6.07, 6.45) is 0.504. The number of rotatable bonds is 4. The predicted octanol–water partition coefficient (Wildman–Crippen LogP) is 3.22. The highest BCUT2D eigenvalue weighted by atomic mass is 35.5. The smallest absolute Gasteiger partial charge is 0.139 e. The van der Waals surface area contributed by atoms with Crippen LogP contribution in [0.4, 0.5) is 0 Å². The molecule has 0 saturated heterocycles. The second-order valence-electron chi connectivity index (χ2n) is 2.76. The molecule has 1 rings (SSSR count). The van der Waals surface area contributed by atoms with E-state index in [1.54, 1.807) is 18.2 Å². The minimum atomic E-state index is 0.209. The first-order valence-corrected chi connectivity index (χ1v) is 5.92. The molecule has 15 heavy (non-hydrogen) atoms. The molecule has 0 aromatic heterocycles. The van der Waals surface area contributed by atoms with E-state index in [-0.39, 0.29) is 5.84 Å². The number of hydrogen-bond donors (Lipinski definition) is 2. The van der Waals surface area contributed by atoms with Crippen LogP contribution < -0.4 is 5.73 Å². The molecule has 3 nitrogen and oxygen atoms in total. The van der Waals surface area contributed by atoms with Gasteiger partial charge in [-0.3, -0.25) is 0 Å². The van der Waals surface area contributed by atoms with Crippen molar-refractivity contribution >= 4 is 40.8 Å². The van der Waals surface area contributed by atoms with Crippen LogP contribution >= 0.6 is 35.0 Å². The Bertz CT molecular complexity index is 371. The van der Waals surface area contributed by atoms with Crippen molar-refractivity contribution in [1.82, 2.24) is 0 Å². The van der Waals surface area contributed by atoms with Gasteiger partial charge in [-0.05, 0) is 18.2 Å². The maximum atomic E-state index is 8.34. The van der Waals surface area contributed by atoms with Crippen LogP contribution in [0.2, 0.25) is 10.0 Å². The van der Waals surface area contributed by atoms with Crippen LogP contribution in [0.5, 0.6) is 0 Å². The van der Waals surface area contributed by atoms with Crippen LogP contribution in [0.15, 0.2) is 28.3 Å². The van der Waals surface area contributed by atoms with Crippen molar-refractivity contribution in [2.24, 2.45) is 10.9 Å². The van der Waals surface area contributed by atoms with E-state index in [9.17, 15) is 0 Å². The highest BCUT2D eigenvalue weighted by Crippen LogP contribution is 2.30. The van der Waals surface area contributed by atoms with Crippen molar-refractivity contribution < 1.29 is 5.21 Å². The monoisotopic (exact) mass is 264 g/mol. The summed E-state index contributed by atoms with van der Waals surface area (Å²) in [5.41, 5.74) is 5.33. The molecule has 0 aliphatic heterocycles. The van der Waals surface area contributed by atoms with Crippen LogP contribution in [0.1, 0.15) is 6.42 Å². The molecular formula is C9H10Cl2N2OS. The summed E-state index contributed by atoms with van der Waals surface area (Å²) in [5.74, 6) is 0.899. The molecule has 6 heteroatoms. The van der Waals surface area contributed by atoms with E-state index < -0.39 is 0 Å². The summed E-state index contributed by atoms with van der Waals surface area (Å²) in [6.45, 7) is 0. The van der Waals surface area contributed by atoms with Gasteiger partial charge < -0.3 is 10.9 Å². The van der Waals surface area contributed by atoms with E-state index in [2.05, 4.69) is 5.16 Å². The van der Waals surface area contributed by atoms with Crippen molar-refractivity contribution in [1.29, 1.82) is 0 Å². The molecule has 3 N–H and O–H groups in total. The topological polar surface area (TPSA) is 58.6 Å². The fourth-order valence-electron chi connectivity index (χ4n) is 0.903. The van der Waals surface area contributed by atoms with Gasteiger partial charge >= 0.3 is 0 Å². The lowest BCUT2D eigenvalue weighted by Gasteiger charge is -2.03. The first-order valence-electron chi connectivity index (χ1n) is 4.17. The Balaban J connectivity index is 2.54. The molecule has 0 heterocycles. The predicted molar refractivity (Wildman–Crippen MR) is 65.2 cm³/mol. The maximum Gasteiger partial charge on any atom is 0.139 e. The number of nitrogens with zero attached hydrogens (tertiary/aromatic N) is 1. The maximum absolute atomic E-state index is 8.34. The van der Waals surface area contributed by atoms with Crippen molar-refractivity contribution in [2.45, 2.75) is 11.3 Å². The number of amidine groups is 1. The van der Waals surface area contributed by atoms with Gasteiger partial charge in [-0.25, -0.2) is 0 Å². The molecule has 0 aliphatic carbocycles. The van der Waals surface area contributed by atoms with Crippen LogP contribution in [0.3, 0.4) is 0 Å². The summed E-state index contributed by atoms with van der Waals surface area (Å²) >= 11 is 13.3. The van der Waals surface area contributed by atoms with E-state index in [0.29, 0.717) is 22.2 Å². The van der Waals surface area contributed by atoms with Crippen molar-refractivity contribution in [3.05, 3.63) is 28.2 Å². The van der Waals surface area contributed by atoms with Crippen molar-refractivity contribution in [3.8, 4) is 0 Å². The lowest BCUT2D eigenvalue weighted by atomic mass is 10.4. The number of thioether (sulfide) groups is 1. The van der Waals surface area contributed by atoms with Gasteiger partial charge in [-0.15, -0.1) is 11.8 Å². The summed E-state index contributed by atoms with van der Waals surface area (Å²) in [7, 11) is 0. The zero-order valence-corrected chi connectivity index (χ0v) is 10.1. The molecule has 0 bridgehead atoms. The third-order valence-electron chi connectivity index (χ3n) is 1.64. The third-order valence-corrected chi connectivity index (χ3v) is 3.37. The Hall–Kier alpha value is -0.580. The first kappa shape index (κ1) is 12.5. The van der Waals surface area contributed by atoms with Gasteiger partial charge in [0.2, 0.25) is 0 Å². The zero-order chi connectivity index (χ0) is 11.3. The lowest BCUT2D eigenvalue weighted by molar-refractivity contribution is 0.317. The van der Waals surface area contributed by atoms with Crippen molar-refractivity contribution in [3.63, 3.8) is 0 Å². The zero-order valence-electron chi connectivity index (χ0n) is 7.78. The van der Waals surface area contributed by atoms with E-state index in [1.165, 1.54) is 11.8 Å². The summed E-state index contributed by atoms with van der Waals surface area (Å²) in [5, 5.41) is 12.5. The van der Waals surface area contributed by atoms with Gasteiger partial charge in [-0.1, -0.05) is 28.4 Å². The third kappa shape index (κ3) is 4.20. The molecular weight excluding hydrogens is 255 g/mol. The summed E-state index contributed by atoms with van der Waals surface area (Å²) in [6, 6.07) is 5.27. The molecule has 82 valence electrons. The molecule has 0 radical (unpaired) electrons. The Labute approximate surface area is 102 Å². The highest BCUT2D eigenvalue weighted by Gasteiger charge is 2.02. The van der Waals surface area contributed by atoms with Gasteiger partial charge in [0.1, 0.15) is 5.84 Å². The first-order chi connectivity index (χ1) is 7.13. The largest absolute Gasteiger partial charge is 0.409 e. The van der Waals surface area contributed by atoms with Crippen LogP contribution in [0.25, 0.3) is 0 Å². The summed E-state index contributed by atoms with van der Waals surface area (Å²) < 4.78 is 0. The number of hydrogen-bond acceptors (Lipinski definition) is 3. The average Bonchev–Trinajstić information content (AvgIpc) is 2.23. The molecule has 1 aromatic carbocycles. The Morgan fingerprint density at radius 1 is 1.47 bits per heavy atom. The highest BCUT2D eigenvalue weighted by molar-refractivity contribution is 7.99. The van der Waals surface area contributed by atoms with Gasteiger partial charge in [0.25, 0.3) is 0 Å². The van der Waals surface area contributed by atoms with Crippen LogP contribution in [-0.2, 0) is 0 Å². The van der Waals surface area contributed by atoms with Crippen LogP contribution in [-0.4, -0.2) is 16.8 Å². The van der Waals surface area contributed by atoms with Gasteiger partial charge in [0.05, 0.1) is 5.02 Å². The van der Waals surface area contributed by atoms with Crippen molar-refractivity contribution in [2.75, 3.05) is 5.75 Å². The Morgan fingerprint density at radius 3 is 2.87 bits per heavy atom. The Morgan fingerprint density at radius 2 is 2.20 bits per heavy atom. The molecule has 0 amide bonds. The minimum Gasteiger partial charge on any atom is -0.409 e. The quantitative estimate of drug-likeness (QED) is 0.289. The second kappa shape index (κ2) is 6.10. The molecule has 1 aromatic rings. The molecule has 0 saturated carbocycles. The Kier molecular flexibility index (Phi) is 5.08. The summed E-state index contributed by atoms with van der Waals surface area (Å²) in [4.78, 5) is 0.898. The SMILES string of the molecule is N/C(CCSc1cc(Cl)ccc1Cl)=N\O. The standard InChI is InChI=1S/C9H10Cl2N2OS/c10-6-1-2-7(11)8(5-6)15-4-3-9(12)13-14/h1-2,5,14H,3-4H2,(H2,12,13). The molecule has 0 spiro atoms. The second-order valence-corrected chi connectivity index (χ2v) is 4.74.